The van der Waals surface area contributed by atoms with Crippen molar-refractivity contribution >= 4 is 5.69 Å². The van der Waals surface area contributed by atoms with Crippen LogP contribution in [-0.2, 0) is 13.0 Å². The molecule has 4 nitrogen and oxygen atoms in total. The minimum Gasteiger partial charge on any atom is -0.392 e. The van der Waals surface area contributed by atoms with Gasteiger partial charge < -0.3 is 5.11 Å². The molecular weight excluding hydrogens is 182 g/mol. The number of nitro groups is 1. The zero-order chi connectivity index (χ0) is 10.6. The van der Waals surface area contributed by atoms with Gasteiger partial charge in [-0.05, 0) is 12.0 Å². The van der Waals surface area contributed by atoms with E-state index in [2.05, 4.69) is 0 Å². The Kier molecular flexibility index (Phi) is 3.59. The molecule has 0 heterocycles. The van der Waals surface area contributed by atoms with Gasteiger partial charge in [-0.25, -0.2) is 0 Å². The van der Waals surface area contributed by atoms with Gasteiger partial charge >= 0.3 is 0 Å². The largest absolute Gasteiger partial charge is 0.392 e. The second-order valence-electron chi connectivity index (χ2n) is 3.13. The highest BCUT2D eigenvalue weighted by atomic mass is 16.6. The Morgan fingerprint density at radius 2 is 2.21 bits per heavy atom. The zero-order valence-corrected chi connectivity index (χ0v) is 8.06. The average Bonchev–Trinajstić information content (AvgIpc) is 2.18. The Morgan fingerprint density at radius 3 is 2.71 bits per heavy atom. The van der Waals surface area contributed by atoms with Crippen LogP contribution in [0.2, 0.25) is 0 Å². The Hall–Kier alpha value is -1.42. The van der Waals surface area contributed by atoms with E-state index in [9.17, 15) is 10.1 Å². The van der Waals surface area contributed by atoms with Crippen LogP contribution in [0, 0.1) is 10.1 Å². The lowest BCUT2D eigenvalue weighted by molar-refractivity contribution is -0.385. The minimum absolute atomic E-state index is 0.110. The molecule has 0 aliphatic carbocycles. The van der Waals surface area contributed by atoms with Crippen LogP contribution in [0.25, 0.3) is 0 Å². The summed E-state index contributed by atoms with van der Waals surface area (Å²) >= 11 is 0. The molecule has 0 amide bonds. The number of benzene rings is 1. The molecule has 0 spiro atoms. The SMILES string of the molecule is CCCc1ccc(CO)cc1[N+](=O)[O-]. The van der Waals surface area contributed by atoms with Crippen molar-refractivity contribution in [1.82, 2.24) is 0 Å². The lowest BCUT2D eigenvalue weighted by atomic mass is 10.1. The summed E-state index contributed by atoms with van der Waals surface area (Å²) in [4.78, 5) is 10.3. The maximum absolute atomic E-state index is 10.7. The molecule has 0 radical (unpaired) electrons. The summed E-state index contributed by atoms with van der Waals surface area (Å²) in [6, 6.07) is 4.87. The molecule has 0 fully saturated rings. The molecule has 0 saturated heterocycles. The number of rotatable bonds is 4. The van der Waals surface area contributed by atoms with Crippen molar-refractivity contribution in [2.75, 3.05) is 0 Å². The van der Waals surface area contributed by atoms with Crippen molar-refractivity contribution in [2.24, 2.45) is 0 Å². The molecule has 0 bridgehead atoms. The van der Waals surface area contributed by atoms with Gasteiger partial charge in [0.15, 0.2) is 0 Å². The van der Waals surface area contributed by atoms with Crippen molar-refractivity contribution < 1.29 is 10.0 Å². The van der Waals surface area contributed by atoms with E-state index < -0.39 is 4.92 Å². The first kappa shape index (κ1) is 10.7. The molecule has 76 valence electrons. The molecule has 14 heavy (non-hydrogen) atoms. The molecule has 0 aliphatic rings. The van der Waals surface area contributed by atoms with Gasteiger partial charge in [-0.3, -0.25) is 10.1 Å². The number of aliphatic hydroxyl groups excluding tert-OH is 1. The fourth-order valence-electron chi connectivity index (χ4n) is 1.36. The normalized spacial score (nSPS) is 10.1. The maximum Gasteiger partial charge on any atom is 0.272 e. The highest BCUT2D eigenvalue weighted by molar-refractivity contribution is 5.43. The van der Waals surface area contributed by atoms with E-state index in [-0.39, 0.29) is 12.3 Å². The van der Waals surface area contributed by atoms with Gasteiger partial charge in [0.1, 0.15) is 0 Å². The number of hydrogen-bond donors (Lipinski definition) is 1. The smallest absolute Gasteiger partial charge is 0.272 e. The third kappa shape index (κ3) is 2.29. The van der Waals surface area contributed by atoms with Crippen LogP contribution in [0.3, 0.4) is 0 Å². The van der Waals surface area contributed by atoms with E-state index in [0.717, 1.165) is 12.0 Å². The molecule has 4 heteroatoms. The number of nitrogens with zero attached hydrogens (tertiary/aromatic N) is 1. The van der Waals surface area contributed by atoms with Gasteiger partial charge in [-0.1, -0.05) is 25.5 Å². The maximum atomic E-state index is 10.7. The summed E-state index contributed by atoms with van der Waals surface area (Å²) < 4.78 is 0. The molecule has 0 unspecified atom stereocenters. The van der Waals surface area contributed by atoms with Gasteiger partial charge in [0, 0.05) is 11.6 Å². The molecule has 0 aliphatic heterocycles. The predicted molar refractivity (Wildman–Crippen MR) is 53.0 cm³/mol. The van der Waals surface area contributed by atoms with E-state index in [4.69, 9.17) is 5.11 Å². The topological polar surface area (TPSA) is 63.4 Å². The third-order valence-electron chi connectivity index (χ3n) is 2.05. The van der Waals surface area contributed by atoms with Crippen molar-refractivity contribution in [1.29, 1.82) is 0 Å². The molecule has 0 atom stereocenters. The number of nitro benzene ring substituents is 1. The minimum atomic E-state index is -0.399. The highest BCUT2D eigenvalue weighted by Crippen LogP contribution is 2.21. The molecule has 0 saturated carbocycles. The van der Waals surface area contributed by atoms with Crippen LogP contribution < -0.4 is 0 Å². The Morgan fingerprint density at radius 1 is 1.50 bits per heavy atom. The summed E-state index contributed by atoms with van der Waals surface area (Å²) in [6.45, 7) is 1.82. The first-order chi connectivity index (χ1) is 6.69. The zero-order valence-electron chi connectivity index (χ0n) is 8.06. The first-order valence-corrected chi connectivity index (χ1v) is 4.56. The summed E-state index contributed by atoms with van der Waals surface area (Å²) in [5, 5.41) is 19.5. The van der Waals surface area contributed by atoms with Crippen molar-refractivity contribution in [2.45, 2.75) is 26.4 Å². The summed E-state index contributed by atoms with van der Waals surface area (Å²) in [5.74, 6) is 0. The van der Waals surface area contributed by atoms with E-state index in [1.165, 1.54) is 6.07 Å². The van der Waals surface area contributed by atoms with Crippen LogP contribution in [0.4, 0.5) is 5.69 Å². The summed E-state index contributed by atoms with van der Waals surface area (Å²) in [5.41, 5.74) is 1.42. The lowest BCUT2D eigenvalue weighted by Gasteiger charge is -2.02. The van der Waals surface area contributed by atoms with Crippen LogP contribution in [0.5, 0.6) is 0 Å². The van der Waals surface area contributed by atoms with Crippen molar-refractivity contribution in [3.8, 4) is 0 Å². The quantitative estimate of drug-likeness (QED) is 0.590. The van der Waals surface area contributed by atoms with E-state index in [1.807, 2.05) is 6.92 Å². The van der Waals surface area contributed by atoms with Gasteiger partial charge in [0.2, 0.25) is 0 Å². The summed E-state index contributed by atoms with van der Waals surface area (Å²) in [6.07, 6.45) is 1.57. The second kappa shape index (κ2) is 4.72. The van der Waals surface area contributed by atoms with Gasteiger partial charge in [0.05, 0.1) is 11.5 Å². The van der Waals surface area contributed by atoms with Crippen LogP contribution in [-0.4, -0.2) is 10.0 Å². The van der Waals surface area contributed by atoms with Crippen LogP contribution >= 0.6 is 0 Å². The number of hydrogen-bond acceptors (Lipinski definition) is 3. The monoisotopic (exact) mass is 195 g/mol. The molecular formula is C10H13NO3. The second-order valence-corrected chi connectivity index (χ2v) is 3.13. The van der Waals surface area contributed by atoms with Gasteiger partial charge in [0.25, 0.3) is 5.69 Å². The first-order valence-electron chi connectivity index (χ1n) is 4.56. The molecule has 1 N–H and O–H groups in total. The van der Waals surface area contributed by atoms with Gasteiger partial charge in [-0.2, -0.15) is 0 Å². The molecule has 0 aromatic heterocycles. The average molecular weight is 195 g/mol. The lowest BCUT2D eigenvalue weighted by Crippen LogP contribution is -1.97. The van der Waals surface area contributed by atoms with Crippen LogP contribution in [0.15, 0.2) is 18.2 Å². The Labute approximate surface area is 82.3 Å². The highest BCUT2D eigenvalue weighted by Gasteiger charge is 2.12. The molecule has 1 aromatic rings. The Bertz CT molecular complexity index is 336. The standard InChI is InChI=1S/C10H13NO3/c1-2-3-9-5-4-8(7-12)6-10(9)11(13)14/h4-6,12H,2-3,7H2,1H3. The Balaban J connectivity index is 3.10. The third-order valence-corrected chi connectivity index (χ3v) is 2.05. The van der Waals surface area contributed by atoms with Crippen molar-refractivity contribution in [3.63, 3.8) is 0 Å². The fourth-order valence-corrected chi connectivity index (χ4v) is 1.36. The van der Waals surface area contributed by atoms with E-state index in [0.29, 0.717) is 12.0 Å². The predicted octanol–water partition coefficient (Wildman–Crippen LogP) is 2.04. The van der Waals surface area contributed by atoms with E-state index in [1.54, 1.807) is 12.1 Å². The number of aryl methyl sites for hydroxylation is 1. The van der Waals surface area contributed by atoms with E-state index >= 15 is 0 Å². The fraction of sp³-hybridized carbons (Fsp3) is 0.400. The van der Waals surface area contributed by atoms with Gasteiger partial charge in [-0.15, -0.1) is 0 Å². The van der Waals surface area contributed by atoms with Crippen molar-refractivity contribution in [3.05, 3.63) is 39.4 Å². The molecule has 1 aromatic carbocycles. The molecule has 1 rings (SSSR count). The number of aliphatic hydroxyl groups is 1. The summed E-state index contributed by atoms with van der Waals surface area (Å²) in [7, 11) is 0. The van der Waals surface area contributed by atoms with Crippen LogP contribution in [0.1, 0.15) is 24.5 Å².